The Labute approximate surface area is 100 Å². The molecule has 3 rings (SSSR count). The van der Waals surface area contributed by atoms with E-state index in [1.807, 2.05) is 0 Å². The molecule has 7 heteroatoms. The molecule has 0 atom stereocenters. The van der Waals surface area contributed by atoms with Gasteiger partial charge < -0.3 is 5.32 Å². The smallest absolute Gasteiger partial charge is 0.258 e. The van der Waals surface area contributed by atoms with Crippen LogP contribution in [0.4, 0.5) is 0 Å². The Morgan fingerprint density at radius 3 is 2.65 bits per heavy atom. The zero-order valence-electron chi connectivity index (χ0n) is 9.44. The van der Waals surface area contributed by atoms with Crippen LogP contribution in [0.15, 0.2) is 11.2 Å². The summed E-state index contributed by atoms with van der Waals surface area (Å²) in [7, 11) is -3.42. The minimum absolute atomic E-state index is 0.118. The lowest BCUT2D eigenvalue weighted by Crippen LogP contribution is -2.27. The van der Waals surface area contributed by atoms with Crippen molar-refractivity contribution >= 4 is 10.0 Å². The van der Waals surface area contributed by atoms with E-state index in [9.17, 15) is 8.42 Å². The molecule has 1 heterocycles. The number of hydrogen-bond donors (Lipinski definition) is 3. The highest BCUT2D eigenvalue weighted by Gasteiger charge is 2.30. The zero-order chi connectivity index (χ0) is 11.9. The summed E-state index contributed by atoms with van der Waals surface area (Å²) in [6.45, 7) is 0.558. The van der Waals surface area contributed by atoms with Crippen molar-refractivity contribution < 1.29 is 8.42 Å². The number of nitrogens with zero attached hydrogens (tertiary/aromatic N) is 1. The van der Waals surface area contributed by atoms with E-state index < -0.39 is 10.0 Å². The van der Waals surface area contributed by atoms with E-state index in [-0.39, 0.29) is 11.1 Å². The highest BCUT2D eigenvalue weighted by atomic mass is 32.2. The van der Waals surface area contributed by atoms with Crippen LogP contribution in [0, 0.1) is 0 Å². The molecule has 0 amide bonds. The molecule has 94 valence electrons. The molecule has 0 bridgehead atoms. The minimum atomic E-state index is -3.42. The molecule has 0 saturated heterocycles. The normalized spacial score (nSPS) is 20.7. The molecule has 1 aromatic rings. The lowest BCUT2D eigenvalue weighted by Gasteiger charge is -2.06. The van der Waals surface area contributed by atoms with Gasteiger partial charge in [-0.15, -0.1) is 0 Å². The van der Waals surface area contributed by atoms with Gasteiger partial charge >= 0.3 is 0 Å². The third-order valence-electron chi connectivity index (χ3n) is 3.00. The predicted octanol–water partition coefficient (Wildman–Crippen LogP) is 0.102. The Bertz CT molecular complexity index is 502. The Balaban J connectivity index is 1.73. The highest BCUT2D eigenvalue weighted by molar-refractivity contribution is 7.89. The molecule has 0 spiro atoms. The molecule has 2 aliphatic rings. The summed E-state index contributed by atoms with van der Waals surface area (Å²) in [5, 5.41) is 9.91. The van der Waals surface area contributed by atoms with Crippen molar-refractivity contribution in [3.63, 3.8) is 0 Å². The van der Waals surface area contributed by atoms with Crippen molar-refractivity contribution in [2.45, 2.75) is 49.3 Å². The summed E-state index contributed by atoms with van der Waals surface area (Å²) in [4.78, 5) is 0. The summed E-state index contributed by atoms with van der Waals surface area (Å²) in [6.07, 6.45) is 5.81. The summed E-state index contributed by atoms with van der Waals surface area (Å²) < 4.78 is 26.7. The molecular formula is C10H16N4O2S. The van der Waals surface area contributed by atoms with Crippen LogP contribution in [-0.2, 0) is 16.6 Å². The van der Waals surface area contributed by atoms with Gasteiger partial charge in [0.1, 0.15) is 0 Å². The Morgan fingerprint density at radius 1 is 1.29 bits per heavy atom. The van der Waals surface area contributed by atoms with Crippen LogP contribution in [0.5, 0.6) is 0 Å². The molecule has 0 radical (unpaired) electrons. The summed E-state index contributed by atoms with van der Waals surface area (Å²) in [5.41, 5.74) is 0.713. The van der Waals surface area contributed by atoms with E-state index in [2.05, 4.69) is 20.2 Å². The first-order valence-electron chi connectivity index (χ1n) is 5.93. The van der Waals surface area contributed by atoms with Gasteiger partial charge in [0.15, 0.2) is 5.03 Å². The van der Waals surface area contributed by atoms with E-state index in [1.54, 1.807) is 6.20 Å². The number of sulfonamides is 1. The number of aromatic nitrogens is 2. The maximum absolute atomic E-state index is 12.0. The minimum Gasteiger partial charge on any atom is -0.310 e. The van der Waals surface area contributed by atoms with Gasteiger partial charge in [0.2, 0.25) is 0 Å². The summed E-state index contributed by atoms with van der Waals surface area (Å²) >= 11 is 0. The van der Waals surface area contributed by atoms with Crippen LogP contribution in [0.1, 0.15) is 31.2 Å². The molecule has 2 fully saturated rings. The monoisotopic (exact) mass is 256 g/mol. The van der Waals surface area contributed by atoms with Crippen LogP contribution in [0.3, 0.4) is 0 Å². The van der Waals surface area contributed by atoms with E-state index in [4.69, 9.17) is 0 Å². The Hall–Kier alpha value is -0.920. The fraction of sp³-hybridized carbons (Fsp3) is 0.700. The number of aromatic amines is 1. The van der Waals surface area contributed by atoms with Gasteiger partial charge in [0.25, 0.3) is 10.0 Å². The predicted molar refractivity (Wildman–Crippen MR) is 61.8 cm³/mol. The van der Waals surface area contributed by atoms with Crippen molar-refractivity contribution in [2.75, 3.05) is 0 Å². The molecule has 1 aromatic heterocycles. The topological polar surface area (TPSA) is 86.9 Å². The van der Waals surface area contributed by atoms with Crippen LogP contribution in [0.25, 0.3) is 0 Å². The summed E-state index contributed by atoms with van der Waals surface area (Å²) in [5.74, 6) is 0. The average Bonchev–Trinajstić information content (AvgIpc) is 3.18. The van der Waals surface area contributed by atoms with Crippen molar-refractivity contribution in [1.82, 2.24) is 20.2 Å². The molecule has 6 nitrogen and oxygen atoms in total. The lowest BCUT2D eigenvalue weighted by atomic mass is 10.3. The van der Waals surface area contributed by atoms with Gasteiger partial charge in [-0.3, -0.25) is 5.10 Å². The molecule has 17 heavy (non-hydrogen) atoms. The van der Waals surface area contributed by atoms with Crippen LogP contribution in [-0.4, -0.2) is 30.7 Å². The second kappa shape index (κ2) is 4.08. The molecular weight excluding hydrogens is 240 g/mol. The molecule has 3 N–H and O–H groups in total. The molecule has 2 aliphatic carbocycles. The Morgan fingerprint density at radius 2 is 2.00 bits per heavy atom. The number of H-pyrrole nitrogens is 1. The standard InChI is InChI=1S/C10H16N4O2S/c15-17(16,14-9-3-4-9)10-7(6-12-13-10)5-11-8-1-2-8/h6,8-9,11,14H,1-5H2,(H,12,13). The molecule has 0 unspecified atom stereocenters. The van der Waals surface area contributed by atoms with E-state index in [0.29, 0.717) is 18.2 Å². The van der Waals surface area contributed by atoms with Crippen LogP contribution in [0.2, 0.25) is 0 Å². The first kappa shape index (κ1) is 11.2. The Kier molecular flexibility index (Phi) is 2.68. The van der Waals surface area contributed by atoms with E-state index in [1.165, 1.54) is 12.8 Å². The fourth-order valence-electron chi connectivity index (χ4n) is 1.68. The van der Waals surface area contributed by atoms with Crippen LogP contribution >= 0.6 is 0 Å². The van der Waals surface area contributed by atoms with Gasteiger partial charge in [-0.05, 0) is 25.7 Å². The summed E-state index contributed by atoms with van der Waals surface area (Å²) in [6, 6.07) is 0.671. The second-order valence-electron chi connectivity index (χ2n) is 4.78. The maximum Gasteiger partial charge on any atom is 0.258 e. The fourth-order valence-corrected chi connectivity index (χ4v) is 3.11. The quantitative estimate of drug-likeness (QED) is 0.674. The molecule has 0 aromatic carbocycles. The first-order valence-corrected chi connectivity index (χ1v) is 7.41. The average molecular weight is 256 g/mol. The number of hydrogen-bond acceptors (Lipinski definition) is 4. The van der Waals surface area contributed by atoms with E-state index in [0.717, 1.165) is 12.8 Å². The first-order chi connectivity index (χ1) is 8.15. The third kappa shape index (κ3) is 2.67. The van der Waals surface area contributed by atoms with Crippen molar-refractivity contribution in [3.8, 4) is 0 Å². The third-order valence-corrected chi connectivity index (χ3v) is 4.54. The molecule has 2 saturated carbocycles. The van der Waals surface area contributed by atoms with Crippen molar-refractivity contribution in [3.05, 3.63) is 11.8 Å². The van der Waals surface area contributed by atoms with Gasteiger partial charge in [-0.25, -0.2) is 13.1 Å². The SMILES string of the molecule is O=S(=O)(NC1CC1)c1[nH]ncc1CNC1CC1. The zero-order valence-corrected chi connectivity index (χ0v) is 10.3. The van der Waals surface area contributed by atoms with Gasteiger partial charge in [0, 0.05) is 24.2 Å². The largest absolute Gasteiger partial charge is 0.310 e. The lowest BCUT2D eigenvalue weighted by molar-refractivity contribution is 0.573. The van der Waals surface area contributed by atoms with E-state index >= 15 is 0 Å². The van der Waals surface area contributed by atoms with Crippen molar-refractivity contribution in [2.24, 2.45) is 0 Å². The number of nitrogens with one attached hydrogen (secondary N) is 3. The second-order valence-corrected chi connectivity index (χ2v) is 6.43. The van der Waals surface area contributed by atoms with Gasteiger partial charge in [-0.2, -0.15) is 5.10 Å². The maximum atomic E-state index is 12.0. The number of rotatable bonds is 6. The van der Waals surface area contributed by atoms with Crippen LogP contribution < -0.4 is 10.0 Å². The van der Waals surface area contributed by atoms with Crippen molar-refractivity contribution in [1.29, 1.82) is 0 Å². The van der Waals surface area contributed by atoms with Gasteiger partial charge in [-0.1, -0.05) is 0 Å². The highest BCUT2D eigenvalue weighted by Crippen LogP contribution is 2.23. The van der Waals surface area contributed by atoms with Gasteiger partial charge in [0.05, 0.1) is 6.20 Å². The molecule has 0 aliphatic heterocycles.